The van der Waals surface area contributed by atoms with Crippen LogP contribution in [0.4, 0.5) is 0 Å². The van der Waals surface area contributed by atoms with Crippen LogP contribution in [0.5, 0.6) is 0 Å². The Bertz CT molecular complexity index is 553. The Labute approximate surface area is 122 Å². The number of rotatable bonds is 6. The predicted molar refractivity (Wildman–Crippen MR) is 75.8 cm³/mol. The molecule has 0 heterocycles. The van der Waals surface area contributed by atoms with Crippen molar-refractivity contribution in [2.75, 3.05) is 13.1 Å². The van der Waals surface area contributed by atoms with Crippen molar-refractivity contribution in [3.05, 3.63) is 35.4 Å². The quantitative estimate of drug-likeness (QED) is 0.667. The van der Waals surface area contributed by atoms with Gasteiger partial charge >= 0.3 is 5.97 Å². The number of carbonyl (C=O) groups is 3. The lowest BCUT2D eigenvalue weighted by Crippen LogP contribution is -2.35. The van der Waals surface area contributed by atoms with Crippen LogP contribution < -0.4 is 10.6 Å². The van der Waals surface area contributed by atoms with Crippen molar-refractivity contribution in [1.29, 1.82) is 0 Å². The Balaban J connectivity index is 1.66. The summed E-state index contributed by atoms with van der Waals surface area (Å²) >= 11 is 0. The molecule has 3 N–H and O–H groups in total. The van der Waals surface area contributed by atoms with E-state index in [1.165, 1.54) is 0 Å². The molecule has 2 unspecified atom stereocenters. The number of nitrogens with one attached hydrogen (secondary N) is 2. The summed E-state index contributed by atoms with van der Waals surface area (Å²) in [6.45, 7) is 2.54. The number of carboxylic acid groups (broad SMARTS) is 1. The van der Waals surface area contributed by atoms with E-state index in [4.69, 9.17) is 5.11 Å². The summed E-state index contributed by atoms with van der Waals surface area (Å²) in [5.41, 5.74) is 1.65. The number of amides is 2. The summed E-state index contributed by atoms with van der Waals surface area (Å²) in [5.74, 6) is -2.35. The number of carbonyl (C=O) groups excluding carboxylic acids is 2. The number of hydrogen-bond acceptors (Lipinski definition) is 3. The van der Waals surface area contributed by atoms with Gasteiger partial charge in [-0.3, -0.25) is 14.4 Å². The van der Waals surface area contributed by atoms with Crippen LogP contribution in [0.2, 0.25) is 0 Å². The van der Waals surface area contributed by atoms with Gasteiger partial charge in [0.15, 0.2) is 0 Å². The van der Waals surface area contributed by atoms with Crippen LogP contribution in [-0.2, 0) is 9.59 Å². The molecule has 0 aromatic heterocycles. The second kappa shape index (κ2) is 6.39. The molecule has 0 saturated heterocycles. The summed E-state index contributed by atoms with van der Waals surface area (Å²) in [4.78, 5) is 34.0. The zero-order chi connectivity index (χ0) is 15.4. The molecule has 6 heteroatoms. The Hall–Kier alpha value is -2.37. The fraction of sp³-hybridized carbons (Fsp3) is 0.400. The van der Waals surface area contributed by atoms with Crippen LogP contribution in [0, 0.1) is 18.8 Å². The molecule has 112 valence electrons. The molecule has 0 radical (unpaired) electrons. The summed E-state index contributed by atoms with van der Waals surface area (Å²) in [6.07, 6.45) is 0.400. The molecular formula is C15H18N2O4. The SMILES string of the molecule is Cc1ccc(C(=O)NCCNC(=O)C2CC2C(=O)O)cc1. The van der Waals surface area contributed by atoms with Crippen molar-refractivity contribution >= 4 is 17.8 Å². The Morgan fingerprint density at radius 1 is 1.10 bits per heavy atom. The molecule has 1 saturated carbocycles. The van der Waals surface area contributed by atoms with Gasteiger partial charge in [-0.25, -0.2) is 0 Å². The Morgan fingerprint density at radius 3 is 2.29 bits per heavy atom. The van der Waals surface area contributed by atoms with Gasteiger partial charge in [-0.1, -0.05) is 17.7 Å². The minimum absolute atomic E-state index is 0.195. The summed E-state index contributed by atoms with van der Waals surface area (Å²) in [6, 6.07) is 7.20. The van der Waals surface area contributed by atoms with Crippen LogP contribution >= 0.6 is 0 Å². The van der Waals surface area contributed by atoms with Gasteiger partial charge in [-0.2, -0.15) is 0 Å². The third-order valence-corrected chi connectivity index (χ3v) is 3.47. The molecule has 0 aliphatic heterocycles. The standard InChI is InChI=1S/C15H18N2O4/c1-9-2-4-10(5-3-9)13(18)16-6-7-17-14(19)11-8-12(11)15(20)21/h2-5,11-12H,6-8H2,1H3,(H,16,18)(H,17,19)(H,20,21). The lowest BCUT2D eigenvalue weighted by atomic mass is 10.1. The predicted octanol–water partition coefficient (Wildman–Crippen LogP) is 0.562. The van der Waals surface area contributed by atoms with E-state index in [0.717, 1.165) is 5.56 Å². The van der Waals surface area contributed by atoms with Crippen LogP contribution in [0.1, 0.15) is 22.3 Å². The topological polar surface area (TPSA) is 95.5 Å². The molecule has 1 aliphatic rings. The van der Waals surface area contributed by atoms with E-state index < -0.39 is 17.8 Å². The largest absolute Gasteiger partial charge is 0.481 e. The first-order valence-corrected chi connectivity index (χ1v) is 6.84. The van der Waals surface area contributed by atoms with Gasteiger partial charge in [0.1, 0.15) is 0 Å². The Morgan fingerprint density at radius 2 is 1.71 bits per heavy atom. The van der Waals surface area contributed by atoms with Crippen molar-refractivity contribution in [2.45, 2.75) is 13.3 Å². The van der Waals surface area contributed by atoms with Crippen molar-refractivity contribution in [3.8, 4) is 0 Å². The second-order valence-electron chi connectivity index (χ2n) is 5.20. The molecule has 2 rings (SSSR count). The fourth-order valence-corrected chi connectivity index (χ4v) is 2.06. The lowest BCUT2D eigenvalue weighted by Gasteiger charge is -2.07. The minimum atomic E-state index is -0.928. The number of hydrogen-bond donors (Lipinski definition) is 3. The highest BCUT2D eigenvalue weighted by Crippen LogP contribution is 2.38. The number of aliphatic carboxylic acids is 1. The van der Waals surface area contributed by atoms with Crippen LogP contribution in [0.3, 0.4) is 0 Å². The maximum absolute atomic E-state index is 11.8. The molecule has 1 aliphatic carbocycles. The Kier molecular flexibility index (Phi) is 4.57. The van der Waals surface area contributed by atoms with Crippen LogP contribution in [-0.4, -0.2) is 36.0 Å². The average Bonchev–Trinajstić information content (AvgIpc) is 3.24. The molecule has 0 bridgehead atoms. The maximum Gasteiger partial charge on any atom is 0.307 e. The zero-order valence-corrected chi connectivity index (χ0v) is 11.8. The van der Waals surface area contributed by atoms with Gasteiger partial charge in [0.2, 0.25) is 5.91 Å². The highest BCUT2D eigenvalue weighted by Gasteiger charge is 2.48. The normalized spacial score (nSPS) is 19.7. The number of carboxylic acids is 1. The van der Waals surface area contributed by atoms with Gasteiger partial charge in [-0.05, 0) is 25.5 Å². The maximum atomic E-state index is 11.8. The van der Waals surface area contributed by atoms with E-state index in [-0.39, 0.29) is 11.8 Å². The van der Waals surface area contributed by atoms with Crippen molar-refractivity contribution in [1.82, 2.24) is 10.6 Å². The first-order valence-electron chi connectivity index (χ1n) is 6.84. The van der Waals surface area contributed by atoms with E-state index in [1.807, 2.05) is 19.1 Å². The van der Waals surface area contributed by atoms with E-state index in [1.54, 1.807) is 12.1 Å². The van der Waals surface area contributed by atoms with E-state index >= 15 is 0 Å². The monoisotopic (exact) mass is 290 g/mol. The molecule has 6 nitrogen and oxygen atoms in total. The molecule has 2 amide bonds. The van der Waals surface area contributed by atoms with Gasteiger partial charge in [0.05, 0.1) is 11.8 Å². The molecule has 2 atom stereocenters. The summed E-state index contributed by atoms with van der Waals surface area (Å²) in [7, 11) is 0. The van der Waals surface area contributed by atoms with Crippen LogP contribution in [0.15, 0.2) is 24.3 Å². The highest BCUT2D eigenvalue weighted by molar-refractivity contribution is 5.94. The molecule has 1 fully saturated rings. The van der Waals surface area contributed by atoms with E-state index in [2.05, 4.69) is 10.6 Å². The van der Waals surface area contributed by atoms with Gasteiger partial charge in [0, 0.05) is 18.7 Å². The van der Waals surface area contributed by atoms with Gasteiger partial charge in [-0.15, -0.1) is 0 Å². The number of aryl methyl sites for hydroxylation is 1. The van der Waals surface area contributed by atoms with Gasteiger partial charge in [0.25, 0.3) is 5.91 Å². The third-order valence-electron chi connectivity index (χ3n) is 3.47. The third kappa shape index (κ3) is 4.05. The molecule has 0 spiro atoms. The minimum Gasteiger partial charge on any atom is -0.481 e. The van der Waals surface area contributed by atoms with Crippen molar-refractivity contribution in [2.24, 2.45) is 11.8 Å². The van der Waals surface area contributed by atoms with Crippen molar-refractivity contribution in [3.63, 3.8) is 0 Å². The fourth-order valence-electron chi connectivity index (χ4n) is 2.06. The van der Waals surface area contributed by atoms with E-state index in [9.17, 15) is 14.4 Å². The van der Waals surface area contributed by atoms with Gasteiger partial charge < -0.3 is 15.7 Å². The summed E-state index contributed by atoms with van der Waals surface area (Å²) in [5, 5.41) is 14.1. The summed E-state index contributed by atoms with van der Waals surface area (Å²) < 4.78 is 0. The molecule has 1 aromatic rings. The number of benzene rings is 1. The smallest absolute Gasteiger partial charge is 0.307 e. The lowest BCUT2D eigenvalue weighted by molar-refractivity contribution is -0.140. The second-order valence-corrected chi connectivity index (χ2v) is 5.20. The first kappa shape index (κ1) is 15.0. The molecule has 21 heavy (non-hydrogen) atoms. The average molecular weight is 290 g/mol. The highest BCUT2D eigenvalue weighted by atomic mass is 16.4. The van der Waals surface area contributed by atoms with E-state index in [0.29, 0.717) is 25.1 Å². The van der Waals surface area contributed by atoms with Crippen LogP contribution in [0.25, 0.3) is 0 Å². The zero-order valence-electron chi connectivity index (χ0n) is 11.8. The molecule has 1 aromatic carbocycles. The first-order chi connectivity index (χ1) is 9.99. The van der Waals surface area contributed by atoms with Crippen molar-refractivity contribution < 1.29 is 19.5 Å². The molecular weight excluding hydrogens is 272 g/mol.